The molecule has 1 rings (SSSR count). The zero-order chi connectivity index (χ0) is 9.84. The molecule has 0 aromatic carbocycles. The van der Waals surface area contributed by atoms with Gasteiger partial charge in [0.15, 0.2) is 0 Å². The molecule has 70 valence electrons. The van der Waals surface area contributed by atoms with Crippen LogP contribution in [0.3, 0.4) is 0 Å². The van der Waals surface area contributed by atoms with Gasteiger partial charge in [0.1, 0.15) is 0 Å². The number of amides is 2. The topological polar surface area (TPSA) is 102 Å². The van der Waals surface area contributed by atoms with Crippen molar-refractivity contribution >= 4 is 17.5 Å². The molecule has 0 aliphatic heterocycles. The SMILES string of the molecule is Cn1cc(NC(=O)C(=O)NN)cn1. The number of nitrogens with zero attached hydrogens (tertiary/aromatic N) is 2. The molecule has 7 nitrogen and oxygen atoms in total. The van der Waals surface area contributed by atoms with Gasteiger partial charge in [0.2, 0.25) is 0 Å². The zero-order valence-electron chi connectivity index (χ0n) is 6.94. The molecule has 13 heavy (non-hydrogen) atoms. The maximum absolute atomic E-state index is 10.9. The van der Waals surface area contributed by atoms with Gasteiger partial charge in [-0.05, 0) is 0 Å². The van der Waals surface area contributed by atoms with E-state index in [2.05, 4.69) is 10.4 Å². The van der Waals surface area contributed by atoms with Gasteiger partial charge in [0, 0.05) is 13.2 Å². The van der Waals surface area contributed by atoms with Gasteiger partial charge in [-0.1, -0.05) is 0 Å². The fourth-order valence-corrected chi connectivity index (χ4v) is 0.739. The van der Waals surface area contributed by atoms with Crippen LogP contribution in [0.4, 0.5) is 5.69 Å². The second-order valence-corrected chi connectivity index (χ2v) is 2.33. The summed E-state index contributed by atoms with van der Waals surface area (Å²) in [5, 5.41) is 6.09. The molecule has 0 aliphatic carbocycles. The van der Waals surface area contributed by atoms with E-state index >= 15 is 0 Å². The number of hydrogen-bond donors (Lipinski definition) is 3. The zero-order valence-corrected chi connectivity index (χ0v) is 6.94. The van der Waals surface area contributed by atoms with Crippen molar-refractivity contribution in [3.63, 3.8) is 0 Å². The Kier molecular flexibility index (Phi) is 2.60. The molecule has 1 aromatic heterocycles. The highest BCUT2D eigenvalue weighted by molar-refractivity contribution is 6.39. The lowest BCUT2D eigenvalue weighted by Crippen LogP contribution is -2.39. The Morgan fingerprint density at radius 1 is 1.54 bits per heavy atom. The Morgan fingerprint density at radius 3 is 2.69 bits per heavy atom. The van der Waals surface area contributed by atoms with Crippen molar-refractivity contribution in [2.75, 3.05) is 5.32 Å². The number of nitrogens with one attached hydrogen (secondary N) is 2. The van der Waals surface area contributed by atoms with Crippen LogP contribution in [0.15, 0.2) is 12.4 Å². The maximum atomic E-state index is 10.9. The lowest BCUT2D eigenvalue weighted by atomic mass is 10.5. The van der Waals surface area contributed by atoms with Crippen molar-refractivity contribution in [1.29, 1.82) is 0 Å². The predicted octanol–water partition coefficient (Wildman–Crippen LogP) is -1.65. The highest BCUT2D eigenvalue weighted by Gasteiger charge is 2.11. The van der Waals surface area contributed by atoms with Crippen LogP contribution >= 0.6 is 0 Å². The molecule has 0 radical (unpaired) electrons. The van der Waals surface area contributed by atoms with Crippen LogP contribution in [0.1, 0.15) is 0 Å². The largest absolute Gasteiger partial charge is 0.323 e. The number of aryl methyl sites for hydroxylation is 1. The predicted molar refractivity (Wildman–Crippen MR) is 44.2 cm³/mol. The molecular weight excluding hydrogens is 174 g/mol. The van der Waals surface area contributed by atoms with Crippen LogP contribution in [0.5, 0.6) is 0 Å². The van der Waals surface area contributed by atoms with E-state index in [1.807, 2.05) is 0 Å². The van der Waals surface area contributed by atoms with Gasteiger partial charge in [-0.3, -0.25) is 19.7 Å². The maximum Gasteiger partial charge on any atom is 0.323 e. The molecule has 0 fully saturated rings. The fraction of sp³-hybridized carbons (Fsp3) is 0.167. The van der Waals surface area contributed by atoms with Crippen molar-refractivity contribution in [1.82, 2.24) is 15.2 Å². The molecule has 0 spiro atoms. The molecule has 0 atom stereocenters. The van der Waals surface area contributed by atoms with E-state index in [0.717, 1.165) is 0 Å². The smallest absolute Gasteiger partial charge is 0.315 e. The third-order valence-corrected chi connectivity index (χ3v) is 1.30. The van der Waals surface area contributed by atoms with Gasteiger partial charge in [-0.25, -0.2) is 5.84 Å². The number of rotatable bonds is 1. The van der Waals surface area contributed by atoms with Gasteiger partial charge in [-0.2, -0.15) is 5.10 Å². The molecule has 4 N–H and O–H groups in total. The monoisotopic (exact) mass is 183 g/mol. The number of nitrogens with two attached hydrogens (primary N) is 1. The summed E-state index contributed by atoms with van der Waals surface area (Å²) in [4.78, 5) is 21.6. The van der Waals surface area contributed by atoms with E-state index in [0.29, 0.717) is 5.69 Å². The number of carbonyl (C=O) groups is 2. The quantitative estimate of drug-likeness (QED) is 0.210. The average molecular weight is 183 g/mol. The second kappa shape index (κ2) is 3.68. The van der Waals surface area contributed by atoms with E-state index in [1.54, 1.807) is 18.7 Å². The van der Waals surface area contributed by atoms with Crippen molar-refractivity contribution in [3.05, 3.63) is 12.4 Å². The van der Waals surface area contributed by atoms with Crippen molar-refractivity contribution in [2.45, 2.75) is 0 Å². The lowest BCUT2D eigenvalue weighted by Gasteiger charge is -1.98. The van der Waals surface area contributed by atoms with Crippen LogP contribution in [0.2, 0.25) is 0 Å². The Bertz CT molecular complexity index is 332. The lowest BCUT2D eigenvalue weighted by molar-refractivity contribution is -0.136. The molecule has 2 amide bonds. The van der Waals surface area contributed by atoms with Crippen LogP contribution < -0.4 is 16.6 Å². The number of carbonyl (C=O) groups excluding carboxylic acids is 2. The van der Waals surface area contributed by atoms with E-state index in [1.165, 1.54) is 10.9 Å². The molecular formula is C6H9N5O2. The first-order valence-corrected chi connectivity index (χ1v) is 3.44. The van der Waals surface area contributed by atoms with E-state index in [-0.39, 0.29) is 0 Å². The summed E-state index contributed by atoms with van der Waals surface area (Å²) in [6.45, 7) is 0. The van der Waals surface area contributed by atoms with Crippen molar-refractivity contribution in [3.8, 4) is 0 Å². The summed E-state index contributed by atoms with van der Waals surface area (Å²) in [6, 6.07) is 0. The fourth-order valence-electron chi connectivity index (χ4n) is 0.739. The normalized spacial score (nSPS) is 9.38. The molecule has 0 aliphatic rings. The van der Waals surface area contributed by atoms with Crippen LogP contribution in [0, 0.1) is 0 Å². The number of aromatic nitrogens is 2. The molecule has 7 heteroatoms. The minimum Gasteiger partial charge on any atom is -0.315 e. The van der Waals surface area contributed by atoms with Gasteiger partial charge in [-0.15, -0.1) is 0 Å². The number of hydrazine groups is 1. The van der Waals surface area contributed by atoms with Gasteiger partial charge >= 0.3 is 11.8 Å². The molecule has 1 aromatic rings. The highest BCUT2D eigenvalue weighted by atomic mass is 16.2. The van der Waals surface area contributed by atoms with Crippen molar-refractivity contribution in [2.24, 2.45) is 12.9 Å². The minimum absolute atomic E-state index is 0.441. The third kappa shape index (κ3) is 2.27. The summed E-state index contributed by atoms with van der Waals surface area (Å²) in [5.74, 6) is 3.03. The van der Waals surface area contributed by atoms with Crippen LogP contribution in [0.25, 0.3) is 0 Å². The van der Waals surface area contributed by atoms with Crippen LogP contribution in [-0.2, 0) is 16.6 Å². The first kappa shape index (κ1) is 9.20. The number of anilines is 1. The van der Waals surface area contributed by atoms with Crippen molar-refractivity contribution < 1.29 is 9.59 Å². The molecule has 1 heterocycles. The molecule has 0 saturated heterocycles. The van der Waals surface area contributed by atoms with E-state index in [9.17, 15) is 9.59 Å². The van der Waals surface area contributed by atoms with Gasteiger partial charge in [0.05, 0.1) is 11.9 Å². The Labute approximate surface area is 73.9 Å². The molecule has 0 saturated carbocycles. The first-order valence-electron chi connectivity index (χ1n) is 3.44. The van der Waals surface area contributed by atoms with Crippen LogP contribution in [-0.4, -0.2) is 21.6 Å². The Morgan fingerprint density at radius 2 is 2.23 bits per heavy atom. The average Bonchev–Trinajstić information content (AvgIpc) is 2.49. The third-order valence-electron chi connectivity index (χ3n) is 1.30. The van der Waals surface area contributed by atoms with Gasteiger partial charge in [0.25, 0.3) is 0 Å². The summed E-state index contributed by atoms with van der Waals surface area (Å²) >= 11 is 0. The number of hydrogen-bond acceptors (Lipinski definition) is 4. The van der Waals surface area contributed by atoms with E-state index in [4.69, 9.17) is 5.84 Å². The minimum atomic E-state index is -0.899. The summed E-state index contributed by atoms with van der Waals surface area (Å²) < 4.78 is 1.50. The Hall–Kier alpha value is -1.89. The standard InChI is InChI=1S/C6H9N5O2/c1-11-3-4(2-8-11)9-5(12)6(13)10-7/h2-3H,7H2,1H3,(H,9,12)(H,10,13). The summed E-state index contributed by atoms with van der Waals surface area (Å²) in [6.07, 6.45) is 2.98. The molecule has 0 bridgehead atoms. The summed E-state index contributed by atoms with van der Waals surface area (Å²) in [7, 11) is 1.69. The van der Waals surface area contributed by atoms with Gasteiger partial charge < -0.3 is 5.32 Å². The first-order chi connectivity index (χ1) is 6.13. The molecule has 0 unspecified atom stereocenters. The Balaban J connectivity index is 2.60. The van der Waals surface area contributed by atoms with E-state index < -0.39 is 11.8 Å². The highest BCUT2D eigenvalue weighted by Crippen LogP contribution is 2.02. The summed E-state index contributed by atoms with van der Waals surface area (Å²) in [5.41, 5.74) is 2.15. The second-order valence-electron chi connectivity index (χ2n) is 2.33.